The summed E-state index contributed by atoms with van der Waals surface area (Å²) in [6, 6.07) is 0.562. The second-order valence-corrected chi connectivity index (χ2v) is 5.27. The van der Waals surface area contributed by atoms with E-state index in [2.05, 4.69) is 27.1 Å². The van der Waals surface area contributed by atoms with Crippen LogP contribution in [0.1, 0.15) is 37.6 Å². The summed E-state index contributed by atoms with van der Waals surface area (Å²) in [6.07, 6.45) is 5.88. The van der Waals surface area contributed by atoms with Gasteiger partial charge in [0.25, 0.3) is 0 Å². The zero-order valence-electron chi connectivity index (χ0n) is 11.7. The number of aryl methyl sites for hydroxylation is 2. The predicted molar refractivity (Wildman–Crippen MR) is 74.9 cm³/mol. The fraction of sp³-hybridized carbons (Fsp3) is 0.714. The van der Waals surface area contributed by atoms with E-state index in [-0.39, 0.29) is 0 Å². The van der Waals surface area contributed by atoms with Crippen LogP contribution in [0, 0.1) is 13.8 Å². The van der Waals surface area contributed by atoms with Crippen molar-refractivity contribution in [1.29, 1.82) is 0 Å². The number of hydrogen-bond acceptors (Lipinski definition) is 4. The third-order valence-corrected chi connectivity index (χ3v) is 3.65. The van der Waals surface area contributed by atoms with E-state index in [9.17, 15) is 0 Å². The molecule has 1 saturated heterocycles. The molecule has 0 radical (unpaired) electrons. The Bertz CT molecular complexity index is 385. The molecular formula is C14H24N4. The van der Waals surface area contributed by atoms with Crippen LogP contribution < -0.4 is 5.32 Å². The van der Waals surface area contributed by atoms with Gasteiger partial charge in [0.05, 0.1) is 11.4 Å². The monoisotopic (exact) mass is 248 g/mol. The molecular weight excluding hydrogens is 224 g/mol. The van der Waals surface area contributed by atoms with Crippen molar-refractivity contribution >= 4 is 5.82 Å². The molecule has 0 aromatic carbocycles. The quantitative estimate of drug-likeness (QED) is 0.888. The van der Waals surface area contributed by atoms with Crippen molar-refractivity contribution in [3.05, 3.63) is 17.6 Å². The van der Waals surface area contributed by atoms with Crippen LogP contribution in [0.5, 0.6) is 0 Å². The molecule has 1 aromatic rings. The van der Waals surface area contributed by atoms with E-state index in [1.807, 2.05) is 20.0 Å². The molecule has 1 aliphatic heterocycles. The van der Waals surface area contributed by atoms with Crippen molar-refractivity contribution in [2.24, 2.45) is 0 Å². The van der Waals surface area contributed by atoms with Gasteiger partial charge in [-0.1, -0.05) is 6.42 Å². The van der Waals surface area contributed by atoms with Gasteiger partial charge in [0.1, 0.15) is 5.82 Å². The van der Waals surface area contributed by atoms with Crippen molar-refractivity contribution in [2.45, 2.75) is 46.1 Å². The Hall–Kier alpha value is -1.16. The Morgan fingerprint density at radius 2 is 2.00 bits per heavy atom. The van der Waals surface area contributed by atoms with Crippen molar-refractivity contribution < 1.29 is 0 Å². The molecule has 1 aromatic heterocycles. The van der Waals surface area contributed by atoms with Crippen LogP contribution in [-0.4, -0.2) is 40.5 Å². The van der Waals surface area contributed by atoms with Crippen molar-refractivity contribution in [3.8, 4) is 0 Å². The first-order chi connectivity index (χ1) is 8.66. The minimum Gasteiger partial charge on any atom is -0.367 e. The Morgan fingerprint density at radius 3 is 2.72 bits per heavy atom. The molecule has 2 rings (SSSR count). The van der Waals surface area contributed by atoms with Gasteiger partial charge in [-0.2, -0.15) is 0 Å². The third-order valence-electron chi connectivity index (χ3n) is 3.65. The molecule has 100 valence electrons. The summed E-state index contributed by atoms with van der Waals surface area (Å²) >= 11 is 0. The Kier molecular flexibility index (Phi) is 4.53. The Morgan fingerprint density at radius 1 is 1.28 bits per heavy atom. The van der Waals surface area contributed by atoms with Crippen molar-refractivity contribution in [2.75, 3.05) is 25.0 Å². The molecule has 0 aliphatic carbocycles. The Balaban J connectivity index is 1.88. The summed E-state index contributed by atoms with van der Waals surface area (Å²) in [4.78, 5) is 11.4. The molecule has 4 nitrogen and oxygen atoms in total. The van der Waals surface area contributed by atoms with Gasteiger partial charge in [-0.3, -0.25) is 9.88 Å². The number of nitrogens with zero attached hydrogens (tertiary/aromatic N) is 3. The molecule has 4 heteroatoms. The predicted octanol–water partition coefficient (Wildman–Crippen LogP) is 2.38. The highest BCUT2D eigenvalue weighted by Gasteiger charge is 2.16. The van der Waals surface area contributed by atoms with Gasteiger partial charge in [-0.05, 0) is 46.7 Å². The van der Waals surface area contributed by atoms with Crippen LogP contribution in [0.4, 0.5) is 5.82 Å². The molecule has 1 fully saturated rings. The van der Waals surface area contributed by atoms with Gasteiger partial charge in [0.2, 0.25) is 0 Å². The summed E-state index contributed by atoms with van der Waals surface area (Å²) in [7, 11) is 0. The normalized spacial score (nSPS) is 18.6. The summed E-state index contributed by atoms with van der Waals surface area (Å²) in [6.45, 7) is 9.69. The molecule has 2 heterocycles. The lowest BCUT2D eigenvalue weighted by molar-refractivity contribution is 0.180. The standard InChI is InChI=1S/C14H24N4/c1-11-9-15-13(3)14(17-11)16-10-12(2)18-7-5-4-6-8-18/h9,12H,4-8,10H2,1-3H3,(H,16,17). The molecule has 1 aliphatic rings. The van der Waals surface area contributed by atoms with Crippen LogP contribution >= 0.6 is 0 Å². The Labute approximate surface area is 110 Å². The molecule has 18 heavy (non-hydrogen) atoms. The summed E-state index contributed by atoms with van der Waals surface area (Å²) < 4.78 is 0. The van der Waals surface area contributed by atoms with Gasteiger partial charge < -0.3 is 5.32 Å². The lowest BCUT2D eigenvalue weighted by atomic mass is 10.1. The minimum absolute atomic E-state index is 0.562. The molecule has 1 unspecified atom stereocenters. The average molecular weight is 248 g/mol. The SMILES string of the molecule is Cc1cnc(C)c(NCC(C)N2CCCCC2)n1. The summed E-state index contributed by atoms with van der Waals surface area (Å²) in [5.74, 6) is 0.929. The van der Waals surface area contributed by atoms with Gasteiger partial charge in [-0.25, -0.2) is 4.98 Å². The van der Waals surface area contributed by atoms with E-state index in [0.29, 0.717) is 6.04 Å². The number of rotatable bonds is 4. The van der Waals surface area contributed by atoms with Gasteiger partial charge in [0.15, 0.2) is 0 Å². The first-order valence-corrected chi connectivity index (χ1v) is 6.95. The van der Waals surface area contributed by atoms with E-state index < -0.39 is 0 Å². The number of piperidine rings is 1. The first-order valence-electron chi connectivity index (χ1n) is 6.95. The molecule has 0 saturated carbocycles. The van der Waals surface area contributed by atoms with Crippen LogP contribution in [0.2, 0.25) is 0 Å². The zero-order valence-corrected chi connectivity index (χ0v) is 11.7. The van der Waals surface area contributed by atoms with Gasteiger partial charge in [-0.15, -0.1) is 0 Å². The largest absolute Gasteiger partial charge is 0.367 e. The van der Waals surface area contributed by atoms with E-state index >= 15 is 0 Å². The zero-order chi connectivity index (χ0) is 13.0. The van der Waals surface area contributed by atoms with Gasteiger partial charge in [0, 0.05) is 18.8 Å². The summed E-state index contributed by atoms with van der Waals surface area (Å²) in [5, 5.41) is 3.44. The lowest BCUT2D eigenvalue weighted by Crippen LogP contribution is -2.41. The molecule has 0 bridgehead atoms. The number of likely N-dealkylation sites (tertiary alicyclic amines) is 1. The highest BCUT2D eigenvalue weighted by Crippen LogP contribution is 2.13. The van der Waals surface area contributed by atoms with Crippen LogP contribution in [0.3, 0.4) is 0 Å². The minimum atomic E-state index is 0.562. The highest BCUT2D eigenvalue weighted by molar-refractivity contribution is 5.39. The second-order valence-electron chi connectivity index (χ2n) is 5.27. The molecule has 0 spiro atoms. The highest BCUT2D eigenvalue weighted by atomic mass is 15.2. The fourth-order valence-electron chi connectivity index (χ4n) is 2.44. The van der Waals surface area contributed by atoms with Crippen LogP contribution in [-0.2, 0) is 0 Å². The first kappa shape index (κ1) is 13.3. The van der Waals surface area contributed by atoms with E-state index in [0.717, 1.165) is 23.8 Å². The van der Waals surface area contributed by atoms with Crippen molar-refractivity contribution in [1.82, 2.24) is 14.9 Å². The smallest absolute Gasteiger partial charge is 0.147 e. The van der Waals surface area contributed by atoms with Crippen molar-refractivity contribution in [3.63, 3.8) is 0 Å². The maximum atomic E-state index is 4.50. The fourth-order valence-corrected chi connectivity index (χ4v) is 2.44. The van der Waals surface area contributed by atoms with E-state index in [4.69, 9.17) is 0 Å². The summed E-state index contributed by atoms with van der Waals surface area (Å²) in [5.41, 5.74) is 1.94. The third kappa shape index (κ3) is 3.42. The van der Waals surface area contributed by atoms with Crippen LogP contribution in [0.15, 0.2) is 6.20 Å². The van der Waals surface area contributed by atoms with Gasteiger partial charge >= 0.3 is 0 Å². The number of nitrogens with one attached hydrogen (secondary N) is 1. The maximum Gasteiger partial charge on any atom is 0.147 e. The number of anilines is 1. The lowest BCUT2D eigenvalue weighted by Gasteiger charge is -2.32. The number of hydrogen-bond donors (Lipinski definition) is 1. The molecule has 1 atom stereocenters. The second kappa shape index (κ2) is 6.14. The number of aromatic nitrogens is 2. The maximum absolute atomic E-state index is 4.50. The molecule has 1 N–H and O–H groups in total. The van der Waals surface area contributed by atoms with E-state index in [1.54, 1.807) is 0 Å². The average Bonchev–Trinajstić information content (AvgIpc) is 2.40. The topological polar surface area (TPSA) is 41.1 Å². The van der Waals surface area contributed by atoms with Crippen LogP contribution in [0.25, 0.3) is 0 Å². The molecule has 0 amide bonds. The van der Waals surface area contributed by atoms with E-state index in [1.165, 1.54) is 32.4 Å².